The van der Waals surface area contributed by atoms with Crippen LogP contribution in [0.4, 0.5) is 19.0 Å². The maximum Gasteiger partial charge on any atom is 0.433 e. The number of likely N-dealkylation sites (tertiary alicyclic amines) is 1. The summed E-state index contributed by atoms with van der Waals surface area (Å²) in [5.74, 6) is 0.396. The van der Waals surface area contributed by atoms with Gasteiger partial charge in [-0.15, -0.1) is 0 Å². The van der Waals surface area contributed by atoms with Crippen molar-refractivity contribution in [2.45, 2.75) is 44.9 Å². The third-order valence-corrected chi connectivity index (χ3v) is 4.16. The molecule has 21 heavy (non-hydrogen) atoms. The molecule has 0 N–H and O–H groups in total. The van der Waals surface area contributed by atoms with Gasteiger partial charge < -0.3 is 9.80 Å². The number of hydrogen-bond acceptors (Lipinski definition) is 3. The third-order valence-electron chi connectivity index (χ3n) is 4.16. The summed E-state index contributed by atoms with van der Waals surface area (Å²) in [6, 6.07) is 4.84. The van der Waals surface area contributed by atoms with Gasteiger partial charge in [-0.05, 0) is 38.8 Å². The van der Waals surface area contributed by atoms with E-state index in [9.17, 15) is 13.2 Å². The van der Waals surface area contributed by atoms with E-state index in [1.807, 2.05) is 11.9 Å². The summed E-state index contributed by atoms with van der Waals surface area (Å²) >= 11 is 0. The first-order valence-electron chi connectivity index (χ1n) is 7.30. The SMILES string of the molecule is CC(C)N1CCC(N(C)c2cccc(C(F)(F)F)n2)CC1. The van der Waals surface area contributed by atoms with E-state index in [4.69, 9.17) is 0 Å². The van der Waals surface area contributed by atoms with Crippen molar-refractivity contribution in [2.75, 3.05) is 25.0 Å². The second-order valence-electron chi connectivity index (χ2n) is 5.85. The Kier molecular flexibility index (Phi) is 4.76. The minimum atomic E-state index is -4.39. The maximum absolute atomic E-state index is 12.7. The van der Waals surface area contributed by atoms with Crippen LogP contribution in [-0.4, -0.2) is 42.1 Å². The topological polar surface area (TPSA) is 19.4 Å². The molecule has 1 fully saturated rings. The molecule has 0 spiro atoms. The number of hydrogen-bond donors (Lipinski definition) is 0. The molecule has 0 bridgehead atoms. The lowest BCUT2D eigenvalue weighted by Crippen LogP contribution is -2.46. The molecule has 1 aromatic rings. The summed E-state index contributed by atoms with van der Waals surface area (Å²) in [6.07, 6.45) is -2.49. The smallest absolute Gasteiger partial charge is 0.357 e. The van der Waals surface area contributed by atoms with Crippen molar-refractivity contribution in [3.63, 3.8) is 0 Å². The lowest BCUT2D eigenvalue weighted by atomic mass is 10.0. The molecule has 0 atom stereocenters. The Morgan fingerprint density at radius 3 is 2.38 bits per heavy atom. The predicted molar refractivity (Wildman–Crippen MR) is 77.4 cm³/mol. The first-order valence-corrected chi connectivity index (χ1v) is 7.30. The van der Waals surface area contributed by atoms with E-state index in [0.29, 0.717) is 11.9 Å². The average Bonchev–Trinajstić information content (AvgIpc) is 2.46. The number of anilines is 1. The number of nitrogens with zero attached hydrogens (tertiary/aromatic N) is 3. The molecule has 1 aliphatic heterocycles. The second-order valence-corrected chi connectivity index (χ2v) is 5.85. The quantitative estimate of drug-likeness (QED) is 0.853. The van der Waals surface area contributed by atoms with Gasteiger partial charge in [0.2, 0.25) is 0 Å². The summed E-state index contributed by atoms with van der Waals surface area (Å²) in [4.78, 5) is 8.04. The van der Waals surface area contributed by atoms with Crippen LogP contribution in [0.25, 0.3) is 0 Å². The fraction of sp³-hybridized carbons (Fsp3) is 0.667. The minimum absolute atomic E-state index is 0.246. The number of piperidine rings is 1. The number of pyridine rings is 1. The van der Waals surface area contributed by atoms with Crippen LogP contribution >= 0.6 is 0 Å². The van der Waals surface area contributed by atoms with Crippen molar-refractivity contribution in [1.82, 2.24) is 9.88 Å². The molecule has 0 amide bonds. The lowest BCUT2D eigenvalue weighted by molar-refractivity contribution is -0.141. The van der Waals surface area contributed by atoms with Gasteiger partial charge >= 0.3 is 6.18 Å². The Hall–Kier alpha value is -1.30. The normalized spacial score (nSPS) is 18.2. The number of aromatic nitrogens is 1. The molecule has 1 aliphatic rings. The molecule has 0 unspecified atom stereocenters. The van der Waals surface area contributed by atoms with Gasteiger partial charge in [0, 0.05) is 32.2 Å². The zero-order valence-electron chi connectivity index (χ0n) is 12.7. The van der Waals surface area contributed by atoms with Gasteiger partial charge in [0.05, 0.1) is 0 Å². The van der Waals surface area contributed by atoms with Crippen LogP contribution < -0.4 is 4.90 Å². The second kappa shape index (κ2) is 6.22. The van der Waals surface area contributed by atoms with Crippen molar-refractivity contribution in [3.8, 4) is 0 Å². The van der Waals surface area contributed by atoms with Crippen LogP contribution in [0.5, 0.6) is 0 Å². The van der Waals surface area contributed by atoms with Crippen molar-refractivity contribution >= 4 is 5.82 Å². The highest BCUT2D eigenvalue weighted by Crippen LogP contribution is 2.29. The molecular formula is C15H22F3N3. The number of alkyl halides is 3. The van der Waals surface area contributed by atoms with E-state index in [0.717, 1.165) is 32.0 Å². The third kappa shape index (κ3) is 3.87. The molecule has 0 radical (unpaired) electrons. The Balaban J connectivity index is 2.06. The summed E-state index contributed by atoms with van der Waals surface area (Å²) in [5, 5.41) is 0. The van der Waals surface area contributed by atoms with Gasteiger partial charge in [-0.25, -0.2) is 4.98 Å². The van der Waals surface area contributed by atoms with Gasteiger partial charge in [0.25, 0.3) is 0 Å². The van der Waals surface area contributed by atoms with Gasteiger partial charge in [-0.2, -0.15) is 13.2 Å². The van der Waals surface area contributed by atoms with Crippen molar-refractivity contribution < 1.29 is 13.2 Å². The fourth-order valence-corrected chi connectivity index (χ4v) is 2.75. The molecule has 0 saturated carbocycles. The van der Waals surface area contributed by atoms with Crippen molar-refractivity contribution in [3.05, 3.63) is 23.9 Å². The molecule has 6 heteroatoms. The standard InChI is InChI=1S/C15H22F3N3/c1-11(2)21-9-7-12(8-10-21)20(3)14-6-4-5-13(19-14)15(16,17)18/h4-6,11-12H,7-10H2,1-3H3. The average molecular weight is 301 g/mol. The van der Waals surface area contributed by atoms with E-state index in [1.165, 1.54) is 6.07 Å². The van der Waals surface area contributed by atoms with Crippen molar-refractivity contribution in [2.24, 2.45) is 0 Å². The van der Waals surface area contributed by atoms with E-state index < -0.39 is 11.9 Å². The van der Waals surface area contributed by atoms with Gasteiger partial charge in [-0.1, -0.05) is 6.07 Å². The molecule has 2 heterocycles. The van der Waals surface area contributed by atoms with Gasteiger partial charge in [0.15, 0.2) is 0 Å². The molecule has 1 aromatic heterocycles. The van der Waals surface area contributed by atoms with E-state index >= 15 is 0 Å². The van der Waals surface area contributed by atoms with Crippen LogP contribution in [0.3, 0.4) is 0 Å². The van der Waals surface area contributed by atoms with Crippen LogP contribution in [0.15, 0.2) is 18.2 Å². The summed E-state index contributed by atoms with van der Waals surface area (Å²) in [6.45, 7) is 6.29. The van der Waals surface area contributed by atoms with Crippen LogP contribution in [0.2, 0.25) is 0 Å². The highest BCUT2D eigenvalue weighted by atomic mass is 19.4. The minimum Gasteiger partial charge on any atom is -0.357 e. The van der Waals surface area contributed by atoms with E-state index in [2.05, 4.69) is 23.7 Å². The molecule has 0 aliphatic carbocycles. The molecule has 2 rings (SSSR count). The maximum atomic E-state index is 12.7. The predicted octanol–water partition coefficient (Wildman–Crippen LogP) is 3.41. The van der Waals surface area contributed by atoms with Crippen LogP contribution in [0, 0.1) is 0 Å². The zero-order valence-corrected chi connectivity index (χ0v) is 12.7. The summed E-state index contributed by atoms with van der Waals surface area (Å²) in [5.41, 5.74) is -0.827. The molecule has 3 nitrogen and oxygen atoms in total. The number of halogens is 3. The largest absolute Gasteiger partial charge is 0.433 e. The van der Waals surface area contributed by atoms with E-state index in [1.54, 1.807) is 6.07 Å². The Morgan fingerprint density at radius 1 is 1.24 bits per heavy atom. The number of rotatable bonds is 3. The summed E-state index contributed by atoms with van der Waals surface area (Å²) in [7, 11) is 1.83. The lowest BCUT2D eigenvalue weighted by Gasteiger charge is -2.39. The fourth-order valence-electron chi connectivity index (χ4n) is 2.75. The van der Waals surface area contributed by atoms with Crippen LogP contribution in [0.1, 0.15) is 32.4 Å². The molecule has 118 valence electrons. The van der Waals surface area contributed by atoms with Gasteiger partial charge in [0.1, 0.15) is 11.5 Å². The van der Waals surface area contributed by atoms with Gasteiger partial charge in [-0.3, -0.25) is 0 Å². The summed E-state index contributed by atoms with van der Waals surface area (Å²) < 4.78 is 38.2. The molecule has 0 aromatic carbocycles. The Bertz CT molecular complexity index is 465. The monoisotopic (exact) mass is 301 g/mol. The first-order chi connectivity index (χ1) is 9.79. The van der Waals surface area contributed by atoms with Crippen molar-refractivity contribution in [1.29, 1.82) is 0 Å². The molecule has 1 saturated heterocycles. The highest BCUT2D eigenvalue weighted by Gasteiger charge is 2.33. The Morgan fingerprint density at radius 2 is 1.86 bits per heavy atom. The molecular weight excluding hydrogens is 279 g/mol. The highest BCUT2D eigenvalue weighted by molar-refractivity contribution is 5.40. The van der Waals surface area contributed by atoms with Crippen LogP contribution in [-0.2, 0) is 6.18 Å². The Labute approximate surface area is 123 Å². The zero-order chi connectivity index (χ0) is 15.6. The van der Waals surface area contributed by atoms with E-state index in [-0.39, 0.29) is 6.04 Å². The first kappa shape index (κ1) is 16.1.